The van der Waals surface area contributed by atoms with Crippen LogP contribution in [0.25, 0.3) is 0 Å². The molecule has 0 unspecified atom stereocenters. The van der Waals surface area contributed by atoms with E-state index in [9.17, 15) is 8.78 Å². The van der Waals surface area contributed by atoms with Crippen molar-refractivity contribution in [1.29, 1.82) is 0 Å². The van der Waals surface area contributed by atoms with Gasteiger partial charge >= 0.3 is 0 Å². The molecule has 182 valence electrons. The zero-order valence-electron chi connectivity index (χ0n) is 21.6. The van der Waals surface area contributed by atoms with Crippen LogP contribution in [0.4, 0.5) is 8.78 Å². The molecule has 3 nitrogen and oxygen atoms in total. The Kier molecular flexibility index (Phi) is 12.5. The lowest BCUT2D eigenvalue weighted by Gasteiger charge is -2.42. The number of aromatic hydroxyl groups is 1. The SMILES string of the molecule is CC.CC1(C)CCCC(C)(C)N1.COc1ccc(C)c(F)c1.Cc1ccc(O)c(C)c1F. The van der Waals surface area contributed by atoms with Crippen molar-refractivity contribution in [2.75, 3.05) is 7.11 Å². The highest BCUT2D eigenvalue weighted by atomic mass is 19.1. The molecule has 1 fully saturated rings. The molecule has 2 aromatic rings. The highest BCUT2D eigenvalue weighted by molar-refractivity contribution is 5.35. The second-order valence-electron chi connectivity index (χ2n) is 9.20. The molecule has 1 aliphatic rings. The van der Waals surface area contributed by atoms with Gasteiger partial charge in [0.1, 0.15) is 23.1 Å². The molecule has 1 heterocycles. The number of ether oxygens (including phenoxy) is 1. The molecule has 0 aromatic heterocycles. The largest absolute Gasteiger partial charge is 0.508 e. The molecule has 0 atom stereocenters. The molecule has 0 saturated carbocycles. The van der Waals surface area contributed by atoms with Gasteiger partial charge in [-0.05, 0) is 91.0 Å². The van der Waals surface area contributed by atoms with Gasteiger partial charge in [-0.3, -0.25) is 0 Å². The molecule has 0 aliphatic carbocycles. The van der Waals surface area contributed by atoms with Gasteiger partial charge in [0, 0.05) is 22.7 Å². The van der Waals surface area contributed by atoms with Crippen molar-refractivity contribution in [1.82, 2.24) is 5.32 Å². The second-order valence-corrected chi connectivity index (χ2v) is 9.20. The summed E-state index contributed by atoms with van der Waals surface area (Å²) >= 11 is 0. The van der Waals surface area contributed by atoms with Gasteiger partial charge in [0.25, 0.3) is 0 Å². The van der Waals surface area contributed by atoms with Crippen LogP contribution in [0.15, 0.2) is 30.3 Å². The smallest absolute Gasteiger partial charge is 0.132 e. The number of methoxy groups -OCH3 is 1. The summed E-state index contributed by atoms with van der Waals surface area (Å²) in [6.07, 6.45) is 4.00. The molecule has 1 saturated heterocycles. The van der Waals surface area contributed by atoms with Gasteiger partial charge in [0.05, 0.1) is 7.11 Å². The normalized spacial score (nSPS) is 15.6. The molecule has 3 rings (SSSR count). The van der Waals surface area contributed by atoms with E-state index in [0.29, 0.717) is 33.5 Å². The zero-order chi connectivity index (χ0) is 25.1. The summed E-state index contributed by atoms with van der Waals surface area (Å²) in [5.74, 6) is 0.0329. The first-order valence-electron chi connectivity index (χ1n) is 11.3. The van der Waals surface area contributed by atoms with Crippen LogP contribution in [0.5, 0.6) is 11.5 Å². The summed E-state index contributed by atoms with van der Waals surface area (Å²) in [6, 6.07) is 7.84. The molecular formula is C27H43F2NO2. The van der Waals surface area contributed by atoms with Crippen molar-refractivity contribution < 1.29 is 18.6 Å². The van der Waals surface area contributed by atoms with E-state index in [0.717, 1.165) is 0 Å². The average Bonchev–Trinajstić information content (AvgIpc) is 2.72. The minimum atomic E-state index is -0.319. The number of hydrogen-bond donors (Lipinski definition) is 2. The van der Waals surface area contributed by atoms with Crippen molar-refractivity contribution in [2.24, 2.45) is 0 Å². The Morgan fingerprint density at radius 1 is 0.875 bits per heavy atom. The van der Waals surface area contributed by atoms with E-state index in [1.807, 2.05) is 13.8 Å². The summed E-state index contributed by atoms with van der Waals surface area (Å²) in [6.45, 7) is 18.1. The standard InChI is InChI=1S/C9H19N.2C8H9FO.C2H6/c1-8(2)6-5-7-9(3,4)10-8;1-6-3-4-7(10-2)5-8(6)9;1-5-3-4-7(10)6(2)8(5)9;1-2/h10H,5-7H2,1-4H3;3-5H,1-2H3;3-4,10H,1-2H3;1-2H3. The lowest BCUT2D eigenvalue weighted by molar-refractivity contribution is 0.183. The fraction of sp³-hybridized carbons (Fsp3) is 0.556. The molecule has 0 radical (unpaired) electrons. The molecule has 32 heavy (non-hydrogen) atoms. The van der Waals surface area contributed by atoms with E-state index in [4.69, 9.17) is 9.84 Å². The third-order valence-electron chi connectivity index (χ3n) is 5.21. The summed E-state index contributed by atoms with van der Waals surface area (Å²) < 4.78 is 30.3. The lowest BCUT2D eigenvalue weighted by Crippen LogP contribution is -2.55. The fourth-order valence-corrected chi connectivity index (χ4v) is 3.52. The molecule has 2 N–H and O–H groups in total. The van der Waals surface area contributed by atoms with Crippen LogP contribution < -0.4 is 10.1 Å². The maximum Gasteiger partial charge on any atom is 0.132 e. The highest BCUT2D eigenvalue weighted by Crippen LogP contribution is 2.27. The minimum Gasteiger partial charge on any atom is -0.508 e. The summed E-state index contributed by atoms with van der Waals surface area (Å²) in [5, 5.41) is 12.6. The Hall–Kier alpha value is -2.14. The van der Waals surface area contributed by atoms with E-state index < -0.39 is 0 Å². The van der Waals surface area contributed by atoms with Crippen molar-refractivity contribution in [3.05, 3.63) is 58.7 Å². The van der Waals surface area contributed by atoms with Crippen LogP contribution in [-0.2, 0) is 0 Å². The Balaban J connectivity index is 0.000000433. The Bertz CT molecular complexity index is 792. The van der Waals surface area contributed by atoms with Gasteiger partial charge in [0.15, 0.2) is 0 Å². The molecule has 1 aliphatic heterocycles. The Morgan fingerprint density at radius 2 is 1.38 bits per heavy atom. The summed E-state index contributed by atoms with van der Waals surface area (Å²) in [5.41, 5.74) is 2.25. The quantitative estimate of drug-likeness (QED) is 0.468. The van der Waals surface area contributed by atoms with Crippen molar-refractivity contribution >= 4 is 0 Å². The number of hydrogen-bond acceptors (Lipinski definition) is 3. The molecular weight excluding hydrogens is 408 g/mol. The molecule has 5 heteroatoms. The van der Waals surface area contributed by atoms with E-state index in [1.165, 1.54) is 38.5 Å². The number of nitrogens with one attached hydrogen (secondary N) is 1. The van der Waals surface area contributed by atoms with Gasteiger partial charge < -0.3 is 15.2 Å². The van der Waals surface area contributed by atoms with E-state index in [2.05, 4.69) is 33.0 Å². The van der Waals surface area contributed by atoms with E-state index >= 15 is 0 Å². The van der Waals surface area contributed by atoms with Crippen LogP contribution in [0.2, 0.25) is 0 Å². The van der Waals surface area contributed by atoms with Crippen molar-refractivity contribution in [2.45, 2.75) is 92.7 Å². The predicted octanol–water partition coefficient (Wildman–Crippen LogP) is 7.63. The summed E-state index contributed by atoms with van der Waals surface area (Å²) in [7, 11) is 1.52. The first kappa shape index (κ1) is 29.9. The van der Waals surface area contributed by atoms with Crippen LogP contribution >= 0.6 is 0 Å². The highest BCUT2D eigenvalue weighted by Gasteiger charge is 2.31. The third-order valence-corrected chi connectivity index (χ3v) is 5.21. The number of aryl methyl sites for hydroxylation is 2. The fourth-order valence-electron chi connectivity index (χ4n) is 3.52. The number of piperidine rings is 1. The molecule has 0 bridgehead atoms. The lowest BCUT2D eigenvalue weighted by atomic mass is 9.83. The Morgan fingerprint density at radius 3 is 1.75 bits per heavy atom. The van der Waals surface area contributed by atoms with Crippen LogP contribution in [0.3, 0.4) is 0 Å². The van der Waals surface area contributed by atoms with Gasteiger partial charge in [0.2, 0.25) is 0 Å². The Labute approximate surface area is 194 Å². The van der Waals surface area contributed by atoms with Crippen molar-refractivity contribution in [3.63, 3.8) is 0 Å². The number of phenolic OH excluding ortho intramolecular Hbond substituents is 1. The molecule has 0 amide bonds. The number of benzene rings is 2. The second kappa shape index (κ2) is 13.4. The van der Waals surface area contributed by atoms with Gasteiger partial charge in [-0.15, -0.1) is 0 Å². The van der Waals surface area contributed by atoms with Crippen LogP contribution in [-0.4, -0.2) is 23.3 Å². The van der Waals surface area contributed by atoms with E-state index in [-0.39, 0.29) is 17.4 Å². The maximum absolute atomic E-state index is 12.8. The summed E-state index contributed by atoms with van der Waals surface area (Å²) in [4.78, 5) is 0. The first-order valence-corrected chi connectivity index (χ1v) is 11.3. The average molecular weight is 452 g/mol. The van der Waals surface area contributed by atoms with Gasteiger partial charge in [-0.1, -0.05) is 26.0 Å². The topological polar surface area (TPSA) is 41.5 Å². The van der Waals surface area contributed by atoms with E-state index in [1.54, 1.807) is 39.0 Å². The van der Waals surface area contributed by atoms with Crippen LogP contribution in [0, 0.1) is 32.4 Å². The zero-order valence-corrected chi connectivity index (χ0v) is 21.6. The van der Waals surface area contributed by atoms with Gasteiger partial charge in [-0.25, -0.2) is 8.78 Å². The minimum absolute atomic E-state index is 0.0168. The third kappa shape index (κ3) is 10.4. The number of halogens is 2. The molecule has 0 spiro atoms. The molecule has 2 aromatic carbocycles. The number of phenols is 1. The van der Waals surface area contributed by atoms with Crippen molar-refractivity contribution in [3.8, 4) is 11.5 Å². The predicted molar refractivity (Wildman–Crippen MR) is 132 cm³/mol. The maximum atomic E-state index is 12.8. The van der Waals surface area contributed by atoms with Crippen LogP contribution in [0.1, 0.15) is 77.5 Å². The first-order chi connectivity index (χ1) is 14.8. The monoisotopic (exact) mass is 451 g/mol. The van der Waals surface area contributed by atoms with Gasteiger partial charge in [-0.2, -0.15) is 0 Å². The number of rotatable bonds is 1.